The topological polar surface area (TPSA) is 74.2 Å². The second-order valence-electron chi connectivity index (χ2n) is 5.40. The Morgan fingerprint density at radius 1 is 1.04 bits per heavy atom. The molecule has 0 aromatic heterocycles. The molecule has 1 atom stereocenters. The van der Waals surface area contributed by atoms with Crippen LogP contribution in [-0.2, 0) is 11.2 Å². The number of benzene rings is 2. The molecule has 2 aromatic rings. The summed E-state index contributed by atoms with van der Waals surface area (Å²) in [5.74, 6) is 1.04. The normalized spacial score (nSPS) is 15.6. The first-order chi connectivity index (χ1) is 11.6. The van der Waals surface area contributed by atoms with Gasteiger partial charge in [-0.2, -0.15) is 0 Å². The summed E-state index contributed by atoms with van der Waals surface area (Å²) in [5, 5.41) is 10.0. The van der Waals surface area contributed by atoms with Crippen molar-refractivity contribution in [2.24, 2.45) is 0 Å². The molecule has 1 heterocycles. The van der Waals surface area contributed by atoms with Crippen molar-refractivity contribution < 1.29 is 28.8 Å². The third-order valence-corrected chi connectivity index (χ3v) is 4.03. The number of phenolic OH excluding ortho intramolecular Hbond substituents is 1. The lowest BCUT2D eigenvalue weighted by molar-refractivity contribution is 0.0385. The van der Waals surface area contributed by atoms with Gasteiger partial charge in [-0.15, -0.1) is 0 Å². The van der Waals surface area contributed by atoms with Gasteiger partial charge in [0, 0.05) is 18.1 Å². The van der Waals surface area contributed by atoms with Crippen molar-refractivity contribution in [2.75, 3.05) is 21.3 Å². The Bertz CT molecular complexity index is 783. The van der Waals surface area contributed by atoms with Gasteiger partial charge in [-0.1, -0.05) is 6.07 Å². The lowest BCUT2D eigenvalue weighted by atomic mass is 9.98. The molecule has 0 amide bonds. The van der Waals surface area contributed by atoms with Crippen LogP contribution in [0.2, 0.25) is 0 Å². The molecule has 24 heavy (non-hydrogen) atoms. The number of carbonyl (C=O) groups is 1. The third kappa shape index (κ3) is 2.71. The number of aromatic hydroxyl groups is 1. The third-order valence-electron chi connectivity index (χ3n) is 4.03. The van der Waals surface area contributed by atoms with Crippen molar-refractivity contribution in [3.8, 4) is 23.0 Å². The van der Waals surface area contributed by atoms with Gasteiger partial charge < -0.3 is 24.1 Å². The summed E-state index contributed by atoms with van der Waals surface area (Å²) < 4.78 is 21.1. The number of hydrogen-bond donors (Lipinski definition) is 1. The zero-order valence-corrected chi connectivity index (χ0v) is 13.7. The van der Waals surface area contributed by atoms with E-state index in [-0.39, 0.29) is 11.3 Å². The van der Waals surface area contributed by atoms with Crippen LogP contribution in [0.4, 0.5) is 0 Å². The van der Waals surface area contributed by atoms with Crippen LogP contribution < -0.4 is 14.2 Å². The first-order valence-electron chi connectivity index (χ1n) is 7.40. The van der Waals surface area contributed by atoms with E-state index in [2.05, 4.69) is 0 Å². The van der Waals surface area contributed by atoms with Crippen LogP contribution in [0.1, 0.15) is 27.6 Å². The van der Waals surface area contributed by atoms with Crippen molar-refractivity contribution in [3.63, 3.8) is 0 Å². The molecule has 1 aliphatic heterocycles. The molecule has 0 radical (unpaired) electrons. The molecule has 0 aliphatic carbocycles. The number of fused-ring (bicyclic) bond motifs is 1. The van der Waals surface area contributed by atoms with Crippen molar-refractivity contribution >= 4 is 5.97 Å². The van der Waals surface area contributed by atoms with Gasteiger partial charge in [-0.25, -0.2) is 4.79 Å². The zero-order chi connectivity index (χ0) is 17.3. The van der Waals surface area contributed by atoms with E-state index in [1.54, 1.807) is 26.4 Å². The first kappa shape index (κ1) is 16.0. The molecule has 2 aromatic carbocycles. The molecular formula is C18H18O6. The van der Waals surface area contributed by atoms with Gasteiger partial charge in [0.1, 0.15) is 23.2 Å². The van der Waals surface area contributed by atoms with Crippen LogP contribution in [0, 0.1) is 0 Å². The highest BCUT2D eigenvalue weighted by molar-refractivity contribution is 5.97. The van der Waals surface area contributed by atoms with Crippen LogP contribution in [0.5, 0.6) is 23.0 Å². The summed E-state index contributed by atoms with van der Waals surface area (Å²) in [6, 6.07) is 8.64. The second-order valence-corrected chi connectivity index (χ2v) is 5.40. The quantitative estimate of drug-likeness (QED) is 0.850. The molecule has 3 rings (SSSR count). The minimum atomic E-state index is -0.532. The first-order valence-corrected chi connectivity index (χ1v) is 7.40. The predicted octanol–water partition coefficient (Wildman–Crippen LogP) is 2.87. The van der Waals surface area contributed by atoms with Gasteiger partial charge in [-0.3, -0.25) is 0 Å². The molecule has 6 heteroatoms. The number of cyclic esters (lactones) is 1. The Hall–Kier alpha value is -2.89. The minimum absolute atomic E-state index is 0.135. The maximum atomic E-state index is 12.0. The van der Waals surface area contributed by atoms with Crippen molar-refractivity contribution in [3.05, 3.63) is 47.0 Å². The second kappa shape index (κ2) is 6.31. The van der Waals surface area contributed by atoms with E-state index < -0.39 is 12.1 Å². The standard InChI is InChI=1S/C18H18O6/c1-21-11-8-12-15(24-18(20)17(12)13(19)9-11)6-10-4-5-14(22-2)16(7-10)23-3/h4-5,7-9,15,19H,6H2,1-3H3. The largest absolute Gasteiger partial charge is 0.507 e. The van der Waals surface area contributed by atoms with Crippen LogP contribution in [0.15, 0.2) is 30.3 Å². The average Bonchev–Trinajstić information content (AvgIpc) is 2.90. The number of phenols is 1. The maximum Gasteiger partial charge on any atom is 0.342 e. The monoisotopic (exact) mass is 330 g/mol. The summed E-state index contributed by atoms with van der Waals surface area (Å²) >= 11 is 0. The lowest BCUT2D eigenvalue weighted by Gasteiger charge is -2.14. The van der Waals surface area contributed by atoms with Gasteiger partial charge in [0.2, 0.25) is 0 Å². The highest BCUT2D eigenvalue weighted by Crippen LogP contribution is 2.41. The Labute approximate surface area is 139 Å². The van der Waals surface area contributed by atoms with E-state index in [0.29, 0.717) is 29.2 Å². The van der Waals surface area contributed by atoms with E-state index in [1.807, 2.05) is 12.1 Å². The van der Waals surface area contributed by atoms with Gasteiger partial charge in [-0.05, 0) is 23.8 Å². The molecule has 0 spiro atoms. The predicted molar refractivity (Wildman–Crippen MR) is 86.1 cm³/mol. The highest BCUT2D eigenvalue weighted by atomic mass is 16.6. The fourth-order valence-electron chi connectivity index (χ4n) is 2.84. The smallest absolute Gasteiger partial charge is 0.342 e. The average molecular weight is 330 g/mol. The Morgan fingerprint density at radius 2 is 1.79 bits per heavy atom. The van der Waals surface area contributed by atoms with Crippen LogP contribution in [0.3, 0.4) is 0 Å². The summed E-state index contributed by atoms with van der Waals surface area (Å²) in [7, 11) is 4.64. The number of carbonyl (C=O) groups excluding carboxylic acids is 1. The fraction of sp³-hybridized carbons (Fsp3) is 0.278. The molecular weight excluding hydrogens is 312 g/mol. The van der Waals surface area contributed by atoms with E-state index in [4.69, 9.17) is 18.9 Å². The molecule has 1 unspecified atom stereocenters. The van der Waals surface area contributed by atoms with Crippen LogP contribution >= 0.6 is 0 Å². The van der Waals surface area contributed by atoms with Gasteiger partial charge in [0.05, 0.1) is 21.3 Å². The SMILES string of the molecule is COc1cc(O)c2c(c1)C(Cc1ccc(OC)c(OC)c1)OC2=O. The summed E-state index contributed by atoms with van der Waals surface area (Å²) in [6.45, 7) is 0. The summed E-state index contributed by atoms with van der Waals surface area (Å²) in [4.78, 5) is 12.0. The minimum Gasteiger partial charge on any atom is -0.507 e. The van der Waals surface area contributed by atoms with Crippen molar-refractivity contribution in [1.82, 2.24) is 0 Å². The molecule has 6 nitrogen and oxygen atoms in total. The van der Waals surface area contributed by atoms with Crippen molar-refractivity contribution in [2.45, 2.75) is 12.5 Å². The fourth-order valence-corrected chi connectivity index (χ4v) is 2.84. The lowest BCUT2D eigenvalue weighted by Crippen LogP contribution is -2.03. The molecule has 0 saturated heterocycles. The number of hydrogen-bond acceptors (Lipinski definition) is 6. The highest BCUT2D eigenvalue weighted by Gasteiger charge is 2.34. The molecule has 0 bridgehead atoms. The van der Waals surface area contributed by atoms with E-state index >= 15 is 0 Å². The van der Waals surface area contributed by atoms with Crippen LogP contribution in [0.25, 0.3) is 0 Å². The van der Waals surface area contributed by atoms with Crippen molar-refractivity contribution in [1.29, 1.82) is 0 Å². The molecule has 126 valence electrons. The van der Waals surface area contributed by atoms with E-state index in [9.17, 15) is 9.90 Å². The van der Waals surface area contributed by atoms with E-state index in [1.165, 1.54) is 13.2 Å². The Kier molecular flexibility index (Phi) is 4.20. The summed E-state index contributed by atoms with van der Waals surface area (Å²) in [5.41, 5.74) is 1.73. The molecule has 1 N–H and O–H groups in total. The number of ether oxygens (including phenoxy) is 4. The molecule has 0 saturated carbocycles. The van der Waals surface area contributed by atoms with Gasteiger partial charge in [0.25, 0.3) is 0 Å². The maximum absolute atomic E-state index is 12.0. The summed E-state index contributed by atoms with van der Waals surface area (Å²) in [6.07, 6.45) is -0.0438. The van der Waals surface area contributed by atoms with Crippen LogP contribution in [-0.4, -0.2) is 32.4 Å². The van der Waals surface area contributed by atoms with Gasteiger partial charge >= 0.3 is 5.97 Å². The molecule has 0 fully saturated rings. The number of rotatable bonds is 5. The Morgan fingerprint density at radius 3 is 2.46 bits per heavy atom. The number of esters is 1. The molecule has 1 aliphatic rings. The number of methoxy groups -OCH3 is 3. The van der Waals surface area contributed by atoms with E-state index in [0.717, 1.165) is 5.56 Å². The van der Waals surface area contributed by atoms with Gasteiger partial charge in [0.15, 0.2) is 11.5 Å². The zero-order valence-electron chi connectivity index (χ0n) is 13.7. The Balaban J connectivity index is 1.93.